The number of amides is 1. The Morgan fingerprint density at radius 1 is 0.905 bits per heavy atom. The highest BCUT2D eigenvalue weighted by molar-refractivity contribution is 7.89. The van der Waals surface area contributed by atoms with Crippen LogP contribution < -0.4 is 14.9 Å². The molecule has 0 fully saturated rings. The Morgan fingerprint density at radius 3 is 2.24 bits per heavy atom. The highest BCUT2D eigenvalue weighted by Crippen LogP contribution is 2.21. The first-order valence-corrected chi connectivity index (χ1v) is 15.6. The van der Waals surface area contributed by atoms with E-state index >= 15 is 0 Å². The van der Waals surface area contributed by atoms with E-state index in [2.05, 4.69) is 15.2 Å². The van der Waals surface area contributed by atoms with E-state index < -0.39 is 32.5 Å². The molecule has 0 radical (unpaired) electrons. The molecule has 42 heavy (non-hydrogen) atoms. The van der Waals surface area contributed by atoms with E-state index in [1.165, 1.54) is 49.7 Å². The second-order valence-corrected chi connectivity index (χ2v) is 12.9. The predicted molar refractivity (Wildman–Crippen MR) is 157 cm³/mol. The molecular formula is C29H30N4O7S2. The zero-order chi connectivity index (χ0) is 30.2. The number of carbonyl (C=O) groups is 1. The van der Waals surface area contributed by atoms with E-state index in [1.807, 2.05) is 13.0 Å². The first kappa shape index (κ1) is 30.7. The lowest BCUT2D eigenvalue weighted by Crippen LogP contribution is -2.39. The molecule has 4 rings (SSSR count). The van der Waals surface area contributed by atoms with Gasteiger partial charge in [0.25, 0.3) is 5.91 Å². The minimum atomic E-state index is -4.04. The highest BCUT2D eigenvalue weighted by atomic mass is 32.2. The van der Waals surface area contributed by atoms with Crippen LogP contribution in [0, 0.1) is 6.92 Å². The molecular weight excluding hydrogens is 580 g/mol. The second-order valence-electron chi connectivity index (χ2n) is 9.17. The van der Waals surface area contributed by atoms with Crippen LogP contribution in [0.4, 0.5) is 0 Å². The first-order chi connectivity index (χ1) is 20.1. The van der Waals surface area contributed by atoms with E-state index in [1.54, 1.807) is 48.5 Å². The molecule has 1 amide bonds. The van der Waals surface area contributed by atoms with Gasteiger partial charge in [-0.2, -0.15) is 9.41 Å². The molecule has 13 heteroatoms. The molecule has 1 heterocycles. The summed E-state index contributed by atoms with van der Waals surface area (Å²) < 4.78 is 66.0. The average molecular weight is 611 g/mol. The van der Waals surface area contributed by atoms with E-state index in [0.29, 0.717) is 17.1 Å². The molecule has 1 aromatic heterocycles. The summed E-state index contributed by atoms with van der Waals surface area (Å²) in [5.74, 6) is 0.419. The molecule has 11 nitrogen and oxygen atoms in total. The third-order valence-corrected chi connectivity index (χ3v) is 9.27. The maximum atomic E-state index is 13.4. The number of hydrogen-bond acceptors (Lipinski definition) is 8. The monoisotopic (exact) mass is 610 g/mol. The van der Waals surface area contributed by atoms with Crippen LogP contribution in [0.25, 0.3) is 0 Å². The van der Waals surface area contributed by atoms with Crippen LogP contribution in [0.2, 0.25) is 0 Å². The second kappa shape index (κ2) is 13.6. The number of nitrogens with zero attached hydrogens (tertiary/aromatic N) is 2. The van der Waals surface area contributed by atoms with Crippen molar-refractivity contribution in [3.05, 3.63) is 114 Å². The molecule has 0 bridgehead atoms. The van der Waals surface area contributed by atoms with Crippen LogP contribution in [-0.4, -0.2) is 46.9 Å². The Labute approximate surface area is 244 Å². The molecule has 4 aromatic rings. The maximum Gasteiger partial charge on any atom is 0.255 e. The van der Waals surface area contributed by atoms with E-state index in [9.17, 15) is 21.6 Å². The van der Waals surface area contributed by atoms with Gasteiger partial charge in [0.15, 0.2) is 0 Å². The lowest BCUT2D eigenvalue weighted by Gasteiger charge is -2.21. The van der Waals surface area contributed by atoms with Crippen molar-refractivity contribution in [3.63, 3.8) is 0 Å². The molecule has 2 N–H and O–H groups in total. The van der Waals surface area contributed by atoms with Gasteiger partial charge in [-0.05, 0) is 61.0 Å². The van der Waals surface area contributed by atoms with Crippen LogP contribution in [-0.2, 0) is 37.9 Å². The zero-order valence-electron chi connectivity index (χ0n) is 22.9. The number of sulfonamides is 2. The van der Waals surface area contributed by atoms with Gasteiger partial charge in [0.1, 0.15) is 17.3 Å². The van der Waals surface area contributed by atoms with Crippen LogP contribution in [0.1, 0.15) is 22.6 Å². The number of furan rings is 1. The molecule has 0 aliphatic carbocycles. The summed E-state index contributed by atoms with van der Waals surface area (Å²) >= 11 is 0. The van der Waals surface area contributed by atoms with Crippen LogP contribution in [0.15, 0.2) is 110 Å². The largest absolute Gasteiger partial charge is 0.497 e. The summed E-state index contributed by atoms with van der Waals surface area (Å²) in [6, 6.07) is 24.4. The lowest BCUT2D eigenvalue weighted by atomic mass is 10.2. The van der Waals surface area contributed by atoms with Crippen molar-refractivity contribution in [3.8, 4) is 5.75 Å². The van der Waals surface area contributed by atoms with Gasteiger partial charge in [-0.1, -0.05) is 48.0 Å². The Morgan fingerprint density at radius 2 is 1.57 bits per heavy atom. The van der Waals surface area contributed by atoms with Crippen molar-refractivity contribution < 1.29 is 30.8 Å². The molecule has 0 saturated heterocycles. The number of ether oxygens (including phenoxy) is 1. The molecule has 0 spiro atoms. The van der Waals surface area contributed by atoms with E-state index in [-0.39, 0.29) is 28.6 Å². The number of benzene rings is 3. The van der Waals surface area contributed by atoms with Crippen molar-refractivity contribution in [1.82, 2.24) is 14.5 Å². The summed E-state index contributed by atoms with van der Waals surface area (Å²) in [7, 11) is -6.29. The number of hydrogen-bond donors (Lipinski definition) is 2. The minimum Gasteiger partial charge on any atom is -0.497 e. The third kappa shape index (κ3) is 8.13. The molecule has 0 saturated carbocycles. The fourth-order valence-corrected chi connectivity index (χ4v) is 6.18. The summed E-state index contributed by atoms with van der Waals surface area (Å²) in [5.41, 5.74) is 3.96. The van der Waals surface area contributed by atoms with Gasteiger partial charge in [0, 0.05) is 6.54 Å². The number of methoxy groups -OCH3 is 1. The molecule has 0 atom stereocenters. The summed E-state index contributed by atoms with van der Waals surface area (Å²) in [4.78, 5) is 12.9. The van der Waals surface area contributed by atoms with Crippen molar-refractivity contribution in [2.24, 2.45) is 5.10 Å². The fourth-order valence-electron chi connectivity index (χ4n) is 3.80. The van der Waals surface area contributed by atoms with Gasteiger partial charge in [-0.3, -0.25) is 4.79 Å². The van der Waals surface area contributed by atoms with Gasteiger partial charge in [-0.25, -0.2) is 27.0 Å². The molecule has 0 aliphatic rings. The lowest BCUT2D eigenvalue weighted by molar-refractivity contribution is -0.121. The predicted octanol–water partition coefficient (Wildman–Crippen LogP) is 3.42. The van der Waals surface area contributed by atoms with Crippen LogP contribution >= 0.6 is 0 Å². The Balaban J connectivity index is 1.38. The normalized spacial score (nSPS) is 12.1. The standard InChI is InChI=1S/C29H30N4O7S2/c1-22-8-14-27(15-9-22)41(35,36)31-19-26-11-10-25(40-26)18-30-32-29(34)21-33(20-23-6-4-3-5-7-23)42(37,38)28-16-12-24(39-2)13-17-28/h3-18,31H,19-21H2,1-2H3,(H,32,34)/b30-18-. The fraction of sp³-hybridized carbons (Fsp3) is 0.172. The smallest absolute Gasteiger partial charge is 0.255 e. The van der Waals surface area contributed by atoms with Crippen molar-refractivity contribution in [2.45, 2.75) is 29.8 Å². The molecule has 3 aromatic carbocycles. The first-order valence-electron chi connectivity index (χ1n) is 12.7. The van der Waals surface area contributed by atoms with Crippen LogP contribution in [0.5, 0.6) is 5.75 Å². The number of carbonyl (C=O) groups excluding carboxylic acids is 1. The van der Waals surface area contributed by atoms with E-state index in [4.69, 9.17) is 9.15 Å². The summed E-state index contributed by atoms with van der Waals surface area (Å²) in [5, 5.41) is 3.86. The van der Waals surface area contributed by atoms with Crippen LogP contribution in [0.3, 0.4) is 0 Å². The quantitative estimate of drug-likeness (QED) is 0.174. The molecule has 0 aliphatic heterocycles. The summed E-state index contributed by atoms with van der Waals surface area (Å²) in [6.07, 6.45) is 1.23. The third-order valence-electron chi connectivity index (χ3n) is 6.05. The molecule has 0 unspecified atom stereocenters. The average Bonchev–Trinajstić information content (AvgIpc) is 3.44. The van der Waals surface area contributed by atoms with Gasteiger partial charge in [0.2, 0.25) is 20.0 Å². The zero-order valence-corrected chi connectivity index (χ0v) is 24.6. The Kier molecular flexibility index (Phi) is 9.91. The number of hydrazone groups is 1. The Hall–Kier alpha value is -4.30. The minimum absolute atomic E-state index is 0.0108. The van der Waals surface area contributed by atoms with Gasteiger partial charge < -0.3 is 9.15 Å². The number of aryl methyl sites for hydroxylation is 1. The van der Waals surface area contributed by atoms with Crippen molar-refractivity contribution in [1.29, 1.82) is 0 Å². The van der Waals surface area contributed by atoms with Crippen molar-refractivity contribution in [2.75, 3.05) is 13.7 Å². The highest BCUT2D eigenvalue weighted by Gasteiger charge is 2.27. The SMILES string of the molecule is COc1ccc(S(=O)(=O)N(CC(=O)N/N=C\c2ccc(CNS(=O)(=O)c3ccc(C)cc3)o2)Cc2ccccc2)cc1. The van der Waals surface area contributed by atoms with E-state index in [0.717, 1.165) is 9.87 Å². The molecule has 220 valence electrons. The van der Waals surface area contributed by atoms with Gasteiger partial charge >= 0.3 is 0 Å². The van der Waals surface area contributed by atoms with Crippen molar-refractivity contribution >= 4 is 32.2 Å². The van der Waals surface area contributed by atoms with Gasteiger partial charge in [0.05, 0.1) is 36.2 Å². The topological polar surface area (TPSA) is 147 Å². The number of rotatable bonds is 13. The Bertz CT molecular complexity index is 1740. The van der Waals surface area contributed by atoms with Gasteiger partial charge in [-0.15, -0.1) is 0 Å². The maximum absolute atomic E-state index is 13.4. The number of nitrogens with one attached hydrogen (secondary N) is 2. The summed E-state index contributed by atoms with van der Waals surface area (Å²) in [6.45, 7) is 1.24.